The molecule has 0 radical (unpaired) electrons. The van der Waals surface area contributed by atoms with Crippen LogP contribution in [0.5, 0.6) is 5.88 Å². The molecule has 5 aliphatic heterocycles. The van der Waals surface area contributed by atoms with Gasteiger partial charge in [0.1, 0.15) is 5.82 Å². The van der Waals surface area contributed by atoms with Crippen LogP contribution >= 0.6 is 23.1 Å². The molecule has 3 aromatic heterocycles. The number of nitrogens with zero attached hydrogens (tertiary/aromatic N) is 8. The van der Waals surface area contributed by atoms with Crippen LogP contribution in [0.3, 0.4) is 0 Å². The molecule has 13 nitrogen and oxygen atoms in total. The van der Waals surface area contributed by atoms with E-state index in [4.69, 9.17) is 30.6 Å². The number of amides is 1. The van der Waals surface area contributed by atoms with E-state index in [-0.39, 0.29) is 5.91 Å². The minimum Gasteiger partial charge on any atom is -0.477 e. The summed E-state index contributed by atoms with van der Waals surface area (Å²) in [6.45, 7) is 14.3. The number of benzene rings is 3. The molecule has 15 heteroatoms. The Morgan fingerprint density at radius 3 is 2.53 bits per heavy atom. The number of para-hydroxylation sites is 1. The lowest BCUT2D eigenvalue weighted by atomic mass is 9.91. The molecular weight excluding hydrogens is 822 g/mol. The van der Waals surface area contributed by atoms with Crippen LogP contribution in [-0.2, 0) is 28.9 Å². The maximum Gasteiger partial charge on any atom is 0.228 e. The van der Waals surface area contributed by atoms with E-state index in [1.165, 1.54) is 22.9 Å². The number of fused-ring (bicyclic) bond motifs is 4. The number of hydrogen-bond donors (Lipinski definition) is 1. The van der Waals surface area contributed by atoms with Crippen molar-refractivity contribution in [2.75, 3.05) is 107 Å². The van der Waals surface area contributed by atoms with Crippen molar-refractivity contribution in [3.05, 3.63) is 101 Å². The lowest BCUT2D eigenvalue weighted by Gasteiger charge is -2.46. The Balaban J connectivity index is 0.000000151. The van der Waals surface area contributed by atoms with Crippen LogP contribution in [-0.4, -0.2) is 133 Å². The minimum atomic E-state index is 0.0499. The molecule has 0 bridgehead atoms. The van der Waals surface area contributed by atoms with Gasteiger partial charge in [-0.15, -0.1) is 0 Å². The third-order valence-electron chi connectivity index (χ3n) is 13.0. The number of pyridine rings is 1. The zero-order valence-electron chi connectivity index (χ0n) is 35.1. The molecule has 0 unspecified atom stereocenters. The highest BCUT2D eigenvalue weighted by molar-refractivity contribution is 7.13. The highest BCUT2D eigenvalue weighted by Gasteiger charge is 2.34. The highest BCUT2D eigenvalue weighted by atomic mass is 35.5. The molecule has 1 N–H and O–H groups in total. The summed E-state index contributed by atoms with van der Waals surface area (Å²) in [5.74, 6) is 3.45. The number of carbonyl (C=O) groups excluding carboxylic acids is 1. The minimum absolute atomic E-state index is 0.0499. The van der Waals surface area contributed by atoms with Gasteiger partial charge in [0, 0.05) is 113 Å². The van der Waals surface area contributed by atoms with Crippen LogP contribution < -0.4 is 19.9 Å². The third kappa shape index (κ3) is 9.41. The Bertz CT molecular complexity index is 2480. The molecule has 5 aliphatic rings. The van der Waals surface area contributed by atoms with E-state index in [2.05, 4.69) is 93.9 Å². The Morgan fingerprint density at radius 2 is 1.65 bits per heavy atom. The SMILES string of the molecule is O=C1Cc2cc(CCN3CCN(c4nsc5ccccc45)CC3)c(Cl)cc2N1.c1cc(CN2CCOCC2)nc(OC[C@@H]2CC[C@H]3CN(c4noc5ccccc45)CCN3C2)c1. The Hall–Kier alpha value is -4.83. The second-order valence-electron chi connectivity index (χ2n) is 17.1. The smallest absolute Gasteiger partial charge is 0.228 e. The zero-order valence-corrected chi connectivity index (χ0v) is 36.7. The predicted molar refractivity (Wildman–Crippen MR) is 246 cm³/mol. The zero-order chi connectivity index (χ0) is 41.8. The molecule has 0 spiro atoms. The number of rotatable bonds is 10. The van der Waals surface area contributed by atoms with Gasteiger partial charge in [-0.1, -0.05) is 53.2 Å². The van der Waals surface area contributed by atoms with Crippen molar-refractivity contribution in [1.29, 1.82) is 0 Å². The molecule has 0 saturated carbocycles. The number of aromatic nitrogens is 3. The van der Waals surface area contributed by atoms with Crippen LogP contribution in [0.4, 0.5) is 17.3 Å². The van der Waals surface area contributed by atoms with Gasteiger partial charge in [0.25, 0.3) is 0 Å². The Morgan fingerprint density at radius 1 is 0.823 bits per heavy atom. The molecule has 3 aromatic carbocycles. The number of carbonyl (C=O) groups is 1. The van der Waals surface area contributed by atoms with Gasteiger partial charge in [0.05, 0.1) is 42.0 Å². The van der Waals surface area contributed by atoms with E-state index >= 15 is 0 Å². The number of piperidine rings is 1. The van der Waals surface area contributed by atoms with Crippen LogP contribution in [0, 0.1) is 5.92 Å². The largest absolute Gasteiger partial charge is 0.477 e. The van der Waals surface area contributed by atoms with Crippen molar-refractivity contribution in [3.63, 3.8) is 0 Å². The molecule has 6 aromatic rings. The summed E-state index contributed by atoms with van der Waals surface area (Å²) in [5, 5.41) is 10.3. The maximum atomic E-state index is 11.6. The van der Waals surface area contributed by atoms with Gasteiger partial charge in [-0.2, -0.15) is 4.37 Å². The Labute approximate surface area is 371 Å². The van der Waals surface area contributed by atoms with Crippen molar-refractivity contribution >= 4 is 67.4 Å². The van der Waals surface area contributed by atoms with E-state index in [9.17, 15) is 4.79 Å². The first-order valence-electron chi connectivity index (χ1n) is 22.1. The summed E-state index contributed by atoms with van der Waals surface area (Å²) in [5.41, 5.74) is 4.99. The quantitative estimate of drug-likeness (QED) is 0.155. The maximum absolute atomic E-state index is 11.6. The molecule has 2 atom stereocenters. The second kappa shape index (κ2) is 18.9. The molecule has 1 amide bonds. The summed E-state index contributed by atoms with van der Waals surface area (Å²) in [6.07, 6.45) is 3.73. The number of hydrogen-bond acceptors (Lipinski definition) is 13. The first kappa shape index (κ1) is 41.2. The van der Waals surface area contributed by atoms with Crippen LogP contribution in [0.1, 0.15) is 29.7 Å². The molecule has 11 rings (SSSR count). The van der Waals surface area contributed by atoms with Crippen LogP contribution in [0.15, 0.2) is 83.4 Å². The number of ether oxygens (including phenoxy) is 2. The first-order valence-corrected chi connectivity index (χ1v) is 23.3. The average Bonchev–Trinajstić information content (AvgIpc) is 4.04. The van der Waals surface area contributed by atoms with Gasteiger partial charge in [0.15, 0.2) is 11.4 Å². The molecule has 4 fully saturated rings. The predicted octanol–water partition coefficient (Wildman–Crippen LogP) is 6.84. The van der Waals surface area contributed by atoms with Crippen LogP contribution in [0.2, 0.25) is 5.02 Å². The van der Waals surface area contributed by atoms with Crippen molar-refractivity contribution in [1.82, 2.24) is 29.2 Å². The summed E-state index contributed by atoms with van der Waals surface area (Å²) in [7, 11) is 0. The molecule has 4 saturated heterocycles. The fourth-order valence-corrected chi connectivity index (χ4v) is 10.6. The monoisotopic (exact) mass is 875 g/mol. The first-order chi connectivity index (χ1) is 30.5. The molecular formula is C47H54ClN9O4S. The lowest BCUT2D eigenvalue weighted by Crippen LogP contribution is -2.57. The van der Waals surface area contributed by atoms with Crippen molar-refractivity contribution in [2.24, 2.45) is 5.92 Å². The summed E-state index contributed by atoms with van der Waals surface area (Å²) in [4.78, 5) is 28.6. The van der Waals surface area contributed by atoms with E-state index < -0.39 is 0 Å². The van der Waals surface area contributed by atoms with Gasteiger partial charge in [-0.25, -0.2) is 4.98 Å². The van der Waals surface area contributed by atoms with Crippen molar-refractivity contribution < 1.29 is 18.8 Å². The van der Waals surface area contributed by atoms with Crippen molar-refractivity contribution in [3.8, 4) is 5.88 Å². The average molecular weight is 877 g/mol. The van der Waals surface area contributed by atoms with Gasteiger partial charge < -0.3 is 29.1 Å². The molecule has 8 heterocycles. The normalized spacial score (nSPS) is 21.1. The summed E-state index contributed by atoms with van der Waals surface area (Å²) in [6, 6.07) is 27.3. The van der Waals surface area contributed by atoms with Gasteiger partial charge in [-0.05, 0) is 78.3 Å². The fourth-order valence-electron chi connectivity index (χ4n) is 9.56. The molecule has 0 aliphatic carbocycles. The van der Waals surface area contributed by atoms with E-state index in [0.29, 0.717) is 18.4 Å². The number of anilines is 3. The van der Waals surface area contributed by atoms with Gasteiger partial charge in [-0.3, -0.25) is 19.5 Å². The number of morpholine rings is 1. The topological polar surface area (TPSA) is 116 Å². The fraction of sp³-hybridized carbons (Fsp3) is 0.447. The highest BCUT2D eigenvalue weighted by Crippen LogP contribution is 2.33. The number of piperazine rings is 2. The van der Waals surface area contributed by atoms with Gasteiger partial charge in [0.2, 0.25) is 11.8 Å². The van der Waals surface area contributed by atoms with Gasteiger partial charge >= 0.3 is 0 Å². The van der Waals surface area contributed by atoms with E-state index in [1.54, 1.807) is 11.5 Å². The number of halogens is 1. The van der Waals surface area contributed by atoms with Crippen LogP contribution in [0.25, 0.3) is 21.1 Å². The molecule has 62 heavy (non-hydrogen) atoms. The number of nitrogens with one attached hydrogen (secondary N) is 1. The van der Waals surface area contributed by atoms with Crippen molar-refractivity contribution in [2.45, 2.75) is 38.3 Å². The van der Waals surface area contributed by atoms with E-state index in [1.807, 2.05) is 24.3 Å². The van der Waals surface area contributed by atoms with E-state index in [0.717, 1.165) is 161 Å². The Kier molecular flexibility index (Phi) is 12.5. The lowest BCUT2D eigenvalue weighted by molar-refractivity contribution is -0.115. The summed E-state index contributed by atoms with van der Waals surface area (Å²) >= 11 is 8.01. The summed E-state index contributed by atoms with van der Waals surface area (Å²) < 4.78 is 23.1. The molecule has 324 valence electrons. The third-order valence-corrected chi connectivity index (χ3v) is 14.2. The standard InChI is InChI=1S/C26H33N5O3.C21H21ClN4OS/c1-2-6-24-23(5-1)26(28-34-24)31-11-10-30-16-20(8-9-22(30)18-31)19-33-25-7-3-4-21(27-25)17-29-12-14-32-15-13-29;22-17-13-18-15(12-20(27)23-18)11-14(17)5-6-25-7-9-26(10-8-25)21-16-3-1-2-4-19(16)28-24-21/h1-7,20,22H,8-19H2;1-4,11,13H,5-10,12H2,(H,23,27)/t20-,22+;/m1./s1. The second-order valence-corrected chi connectivity index (χ2v) is 18.3.